The van der Waals surface area contributed by atoms with Gasteiger partial charge in [-0.1, -0.05) is 6.07 Å². The van der Waals surface area contributed by atoms with E-state index in [-0.39, 0.29) is 15.8 Å². The van der Waals surface area contributed by atoms with Crippen LogP contribution in [0.4, 0.5) is 0 Å². The van der Waals surface area contributed by atoms with Crippen molar-refractivity contribution in [2.45, 2.75) is 11.8 Å². The molecule has 0 saturated heterocycles. The van der Waals surface area contributed by atoms with Crippen molar-refractivity contribution in [2.24, 2.45) is 10.7 Å². The van der Waals surface area contributed by atoms with Gasteiger partial charge in [-0.15, -0.1) is 0 Å². The van der Waals surface area contributed by atoms with Crippen molar-refractivity contribution in [3.8, 4) is 5.75 Å². The number of rotatable bonds is 4. The van der Waals surface area contributed by atoms with Gasteiger partial charge in [-0.3, -0.25) is 9.78 Å². The van der Waals surface area contributed by atoms with Gasteiger partial charge in [0.05, 0.1) is 23.2 Å². The number of pyridine rings is 1. The second-order valence-corrected chi connectivity index (χ2v) is 8.35. The van der Waals surface area contributed by atoms with E-state index in [2.05, 4.69) is 9.98 Å². The molecule has 0 saturated carbocycles. The summed E-state index contributed by atoms with van der Waals surface area (Å²) in [6, 6.07) is 5.25. The summed E-state index contributed by atoms with van der Waals surface area (Å²) < 4.78 is 29.6. The minimum atomic E-state index is -3.49. The van der Waals surface area contributed by atoms with Crippen LogP contribution < -0.4 is 10.5 Å². The third-order valence-corrected chi connectivity index (χ3v) is 5.34. The molecule has 0 radical (unpaired) electrons. The van der Waals surface area contributed by atoms with E-state index >= 15 is 0 Å². The minimum absolute atomic E-state index is 0.0329. The highest BCUT2D eigenvalue weighted by atomic mass is 32.2. The Morgan fingerprint density at radius 3 is 2.72 bits per heavy atom. The van der Waals surface area contributed by atoms with E-state index in [1.807, 2.05) is 0 Å². The zero-order chi connectivity index (χ0) is 18.2. The molecule has 1 aromatic carbocycles. The van der Waals surface area contributed by atoms with Crippen molar-refractivity contribution >= 4 is 49.7 Å². The van der Waals surface area contributed by atoms with Crippen LogP contribution in [-0.2, 0) is 14.6 Å². The lowest BCUT2D eigenvalue weighted by atomic mass is 10.1. The molecule has 2 N–H and O–H groups in total. The van der Waals surface area contributed by atoms with Crippen molar-refractivity contribution in [3.63, 3.8) is 0 Å². The number of aromatic nitrogens is 1. The number of benzene rings is 1. The summed E-state index contributed by atoms with van der Waals surface area (Å²) in [6.45, 7) is 2.09. The summed E-state index contributed by atoms with van der Waals surface area (Å²) in [6.07, 6.45) is 4.06. The SMILES string of the molecule is CCOc1c(S(C)(=O)=O)cnc2ccc(C=C3SC(N)=NC3=O)cc12. The maximum absolute atomic E-state index is 12.0. The highest BCUT2D eigenvalue weighted by molar-refractivity contribution is 8.18. The molecular weight excluding hydrogens is 362 g/mol. The van der Waals surface area contributed by atoms with Crippen LogP contribution in [0.1, 0.15) is 12.5 Å². The normalized spacial score (nSPS) is 16.5. The zero-order valence-corrected chi connectivity index (χ0v) is 15.1. The smallest absolute Gasteiger partial charge is 0.286 e. The van der Waals surface area contributed by atoms with Crippen LogP contribution in [0.2, 0.25) is 0 Å². The molecule has 0 spiro atoms. The molecule has 130 valence electrons. The van der Waals surface area contributed by atoms with Crippen LogP contribution >= 0.6 is 11.8 Å². The van der Waals surface area contributed by atoms with Crippen LogP contribution in [0.15, 0.2) is 39.2 Å². The van der Waals surface area contributed by atoms with E-state index < -0.39 is 15.7 Å². The van der Waals surface area contributed by atoms with Gasteiger partial charge in [-0.05, 0) is 42.5 Å². The Bertz CT molecular complexity index is 1040. The van der Waals surface area contributed by atoms with Gasteiger partial charge in [0, 0.05) is 11.6 Å². The number of nitrogens with zero attached hydrogens (tertiary/aromatic N) is 2. The van der Waals surface area contributed by atoms with Crippen molar-refractivity contribution < 1.29 is 17.9 Å². The molecule has 7 nitrogen and oxygen atoms in total. The molecule has 2 aromatic rings. The topological polar surface area (TPSA) is 112 Å². The number of ether oxygens (including phenoxy) is 1. The van der Waals surface area contributed by atoms with E-state index in [0.29, 0.717) is 28.0 Å². The quantitative estimate of drug-likeness (QED) is 0.811. The van der Waals surface area contributed by atoms with Crippen molar-refractivity contribution in [1.29, 1.82) is 0 Å². The lowest BCUT2D eigenvalue weighted by molar-refractivity contribution is -0.113. The number of thioether (sulfide) groups is 1. The van der Waals surface area contributed by atoms with Crippen molar-refractivity contribution in [1.82, 2.24) is 4.98 Å². The van der Waals surface area contributed by atoms with Crippen LogP contribution in [0, 0.1) is 0 Å². The summed E-state index contributed by atoms with van der Waals surface area (Å²) in [4.78, 5) is 20.0. The first kappa shape index (κ1) is 17.4. The van der Waals surface area contributed by atoms with Gasteiger partial charge in [-0.25, -0.2) is 8.42 Å². The molecule has 0 fully saturated rings. The first-order valence-corrected chi connectivity index (χ1v) is 10.0. The molecule has 1 aliphatic heterocycles. The Hall–Kier alpha value is -2.39. The predicted octanol–water partition coefficient (Wildman–Crippen LogP) is 1.97. The molecular formula is C16H15N3O4S2. The number of amides is 1. The third kappa shape index (κ3) is 3.52. The zero-order valence-electron chi connectivity index (χ0n) is 13.5. The predicted molar refractivity (Wildman–Crippen MR) is 98.2 cm³/mol. The average molecular weight is 377 g/mol. The van der Waals surface area contributed by atoms with Gasteiger partial charge in [0.1, 0.15) is 10.6 Å². The van der Waals surface area contributed by atoms with Crippen LogP contribution in [0.25, 0.3) is 17.0 Å². The second-order valence-electron chi connectivity index (χ2n) is 5.30. The Kier molecular flexibility index (Phi) is 4.53. The molecule has 3 rings (SSSR count). The van der Waals surface area contributed by atoms with Crippen molar-refractivity contribution in [3.05, 3.63) is 34.9 Å². The monoisotopic (exact) mass is 377 g/mol. The summed E-state index contributed by atoms with van der Waals surface area (Å²) in [5.41, 5.74) is 6.84. The van der Waals surface area contributed by atoms with E-state index in [1.165, 1.54) is 6.20 Å². The summed E-state index contributed by atoms with van der Waals surface area (Å²) in [5, 5.41) is 0.761. The summed E-state index contributed by atoms with van der Waals surface area (Å²) in [7, 11) is -3.49. The fourth-order valence-corrected chi connectivity index (χ4v) is 3.82. The standard InChI is InChI=1S/C16H15N3O4S2/c1-3-23-14-10-6-9(7-12-15(20)19-16(17)24-12)4-5-11(10)18-8-13(14)25(2,21)22/h4-8H,3H2,1-2H3,(H2,17,19,20). The summed E-state index contributed by atoms with van der Waals surface area (Å²) >= 11 is 1.09. The fourth-order valence-electron chi connectivity index (χ4n) is 2.39. The molecule has 2 heterocycles. The Morgan fingerprint density at radius 2 is 2.12 bits per heavy atom. The van der Waals surface area contributed by atoms with Crippen LogP contribution in [0.5, 0.6) is 5.75 Å². The van der Waals surface area contributed by atoms with Gasteiger partial charge in [0.2, 0.25) is 0 Å². The van der Waals surface area contributed by atoms with Gasteiger partial charge >= 0.3 is 0 Å². The average Bonchev–Trinajstić information content (AvgIpc) is 2.84. The van der Waals surface area contributed by atoms with E-state index in [9.17, 15) is 13.2 Å². The fraction of sp³-hybridized carbons (Fsp3) is 0.188. The molecule has 1 aromatic heterocycles. The maximum atomic E-state index is 12.0. The number of hydrogen-bond acceptors (Lipinski definition) is 7. The van der Waals surface area contributed by atoms with Gasteiger partial charge < -0.3 is 10.5 Å². The van der Waals surface area contributed by atoms with E-state index in [4.69, 9.17) is 10.5 Å². The third-order valence-electron chi connectivity index (χ3n) is 3.43. The Morgan fingerprint density at radius 1 is 1.36 bits per heavy atom. The van der Waals surface area contributed by atoms with E-state index in [1.54, 1.807) is 31.2 Å². The number of sulfone groups is 1. The lowest BCUT2D eigenvalue weighted by Crippen LogP contribution is -2.04. The number of nitrogens with two attached hydrogens (primary N) is 1. The minimum Gasteiger partial charge on any atom is -0.492 e. The molecule has 9 heteroatoms. The number of aliphatic imine (C=N–C) groups is 1. The number of fused-ring (bicyclic) bond motifs is 1. The van der Waals surface area contributed by atoms with Crippen LogP contribution in [-0.4, -0.2) is 37.3 Å². The largest absolute Gasteiger partial charge is 0.492 e. The van der Waals surface area contributed by atoms with Gasteiger partial charge in [0.25, 0.3) is 5.91 Å². The molecule has 0 bridgehead atoms. The second kappa shape index (κ2) is 6.49. The number of amidine groups is 1. The molecule has 0 atom stereocenters. The highest BCUT2D eigenvalue weighted by Gasteiger charge is 2.21. The van der Waals surface area contributed by atoms with Crippen LogP contribution in [0.3, 0.4) is 0 Å². The Balaban J connectivity index is 2.17. The lowest BCUT2D eigenvalue weighted by Gasteiger charge is -2.12. The first-order chi connectivity index (χ1) is 11.8. The number of hydrogen-bond donors (Lipinski definition) is 1. The molecule has 0 unspecified atom stereocenters. The highest BCUT2D eigenvalue weighted by Crippen LogP contribution is 2.33. The molecule has 0 aliphatic carbocycles. The molecule has 1 aliphatic rings. The van der Waals surface area contributed by atoms with Crippen molar-refractivity contribution in [2.75, 3.05) is 12.9 Å². The Labute approximate surface area is 148 Å². The summed E-state index contributed by atoms with van der Waals surface area (Å²) in [5.74, 6) is -0.132. The van der Waals surface area contributed by atoms with Gasteiger partial charge in [-0.2, -0.15) is 4.99 Å². The molecule has 25 heavy (non-hydrogen) atoms. The first-order valence-electron chi connectivity index (χ1n) is 7.33. The number of carbonyl (C=O) groups is 1. The van der Waals surface area contributed by atoms with E-state index in [0.717, 1.165) is 18.0 Å². The number of carbonyl (C=O) groups excluding carboxylic acids is 1. The van der Waals surface area contributed by atoms with Gasteiger partial charge in [0.15, 0.2) is 15.0 Å². The molecule has 1 amide bonds. The maximum Gasteiger partial charge on any atom is 0.286 e.